The lowest BCUT2D eigenvalue weighted by molar-refractivity contribution is 0.581. The smallest absolute Gasteiger partial charge is 0.0468 e. The molecular weight excluding hydrogens is 229 g/mol. The summed E-state index contributed by atoms with van der Waals surface area (Å²) in [6.07, 6.45) is 4.47. The Morgan fingerprint density at radius 3 is 2.33 bits per heavy atom. The summed E-state index contributed by atoms with van der Waals surface area (Å²) in [7, 11) is 0. The fourth-order valence-corrected chi connectivity index (χ4v) is 2.30. The van der Waals surface area contributed by atoms with E-state index in [4.69, 9.17) is 28.9 Å². The van der Waals surface area contributed by atoms with Gasteiger partial charge in [0.25, 0.3) is 0 Å². The number of halogens is 2. The molecule has 0 fully saturated rings. The van der Waals surface area contributed by atoms with E-state index in [2.05, 4.69) is 6.92 Å². The van der Waals surface area contributed by atoms with Gasteiger partial charge in [-0.25, -0.2) is 0 Å². The van der Waals surface area contributed by atoms with E-state index in [1.165, 1.54) is 12.8 Å². The number of hydrogen-bond donors (Lipinski definition) is 1. The molecule has 0 aliphatic carbocycles. The second-order valence-electron chi connectivity index (χ2n) is 3.74. The van der Waals surface area contributed by atoms with E-state index in [1.54, 1.807) is 0 Å². The summed E-state index contributed by atoms with van der Waals surface area (Å²) < 4.78 is 0. The molecule has 1 aromatic rings. The van der Waals surface area contributed by atoms with Crippen LogP contribution in [0.25, 0.3) is 0 Å². The van der Waals surface area contributed by atoms with Crippen LogP contribution in [0.2, 0.25) is 10.0 Å². The van der Waals surface area contributed by atoms with Gasteiger partial charge < -0.3 is 5.73 Å². The zero-order valence-corrected chi connectivity index (χ0v) is 10.5. The molecule has 15 heavy (non-hydrogen) atoms. The van der Waals surface area contributed by atoms with Crippen molar-refractivity contribution in [1.82, 2.24) is 0 Å². The summed E-state index contributed by atoms with van der Waals surface area (Å²) >= 11 is 12.1. The Balaban J connectivity index is 2.68. The van der Waals surface area contributed by atoms with Crippen LogP contribution in [0.1, 0.15) is 44.2 Å². The second kappa shape index (κ2) is 6.37. The van der Waals surface area contributed by atoms with Gasteiger partial charge in [0.1, 0.15) is 0 Å². The monoisotopic (exact) mass is 245 g/mol. The topological polar surface area (TPSA) is 26.0 Å². The zero-order chi connectivity index (χ0) is 11.3. The van der Waals surface area contributed by atoms with Crippen LogP contribution < -0.4 is 5.73 Å². The van der Waals surface area contributed by atoms with E-state index in [0.717, 1.165) is 18.4 Å². The van der Waals surface area contributed by atoms with Crippen molar-refractivity contribution in [3.8, 4) is 0 Å². The quantitative estimate of drug-likeness (QED) is 0.756. The third kappa shape index (κ3) is 3.67. The molecule has 0 saturated carbocycles. The molecule has 1 atom stereocenters. The van der Waals surface area contributed by atoms with Crippen LogP contribution in [-0.2, 0) is 0 Å². The molecule has 0 aromatic heterocycles. The van der Waals surface area contributed by atoms with Gasteiger partial charge in [0.15, 0.2) is 0 Å². The highest BCUT2D eigenvalue weighted by molar-refractivity contribution is 6.36. The first kappa shape index (κ1) is 12.8. The fraction of sp³-hybridized carbons (Fsp3) is 0.500. The van der Waals surface area contributed by atoms with E-state index in [9.17, 15) is 0 Å². The maximum atomic E-state index is 6.07. The van der Waals surface area contributed by atoms with Crippen LogP contribution in [0.3, 0.4) is 0 Å². The Morgan fingerprint density at radius 1 is 1.20 bits per heavy atom. The van der Waals surface area contributed by atoms with Crippen LogP contribution in [0.4, 0.5) is 0 Å². The Bertz CT molecular complexity index is 292. The first-order valence-corrected chi connectivity index (χ1v) is 6.12. The van der Waals surface area contributed by atoms with E-state index in [1.807, 2.05) is 18.2 Å². The van der Waals surface area contributed by atoms with Crippen molar-refractivity contribution in [1.29, 1.82) is 0 Å². The van der Waals surface area contributed by atoms with Crippen molar-refractivity contribution >= 4 is 23.2 Å². The maximum absolute atomic E-state index is 6.07. The summed E-state index contributed by atoms with van der Waals surface area (Å²) in [5, 5.41) is 1.35. The van der Waals surface area contributed by atoms with Crippen LogP contribution in [0.15, 0.2) is 18.2 Å². The lowest BCUT2D eigenvalue weighted by Gasteiger charge is -2.14. The fourth-order valence-electron chi connectivity index (χ4n) is 1.62. The van der Waals surface area contributed by atoms with Crippen LogP contribution in [0.5, 0.6) is 0 Å². The summed E-state index contributed by atoms with van der Waals surface area (Å²) in [6, 6.07) is 5.47. The molecule has 0 aliphatic heterocycles. The normalized spacial score (nSPS) is 12.8. The summed E-state index contributed by atoms with van der Waals surface area (Å²) in [5.74, 6) is 0. The number of nitrogens with two attached hydrogens (primary N) is 1. The minimum atomic E-state index is -0.0438. The second-order valence-corrected chi connectivity index (χ2v) is 4.55. The van der Waals surface area contributed by atoms with E-state index in [-0.39, 0.29) is 6.04 Å². The minimum absolute atomic E-state index is 0.0438. The number of rotatable bonds is 5. The summed E-state index contributed by atoms with van der Waals surface area (Å²) in [6.45, 7) is 2.17. The molecule has 1 aromatic carbocycles. The predicted octanol–water partition coefficient (Wildman–Crippen LogP) is 4.57. The molecule has 0 heterocycles. The molecule has 84 valence electrons. The highest BCUT2D eigenvalue weighted by Crippen LogP contribution is 2.31. The molecule has 0 amide bonds. The zero-order valence-electron chi connectivity index (χ0n) is 8.97. The third-order valence-electron chi connectivity index (χ3n) is 2.49. The molecule has 3 heteroatoms. The van der Waals surface area contributed by atoms with Gasteiger partial charge >= 0.3 is 0 Å². The maximum Gasteiger partial charge on any atom is 0.0468 e. The van der Waals surface area contributed by atoms with Gasteiger partial charge in [-0.15, -0.1) is 0 Å². The number of hydrogen-bond acceptors (Lipinski definition) is 1. The Labute approximate surface area is 102 Å². The van der Waals surface area contributed by atoms with Gasteiger partial charge in [0.2, 0.25) is 0 Å². The molecule has 0 unspecified atom stereocenters. The van der Waals surface area contributed by atoms with Gasteiger partial charge in [0, 0.05) is 21.7 Å². The van der Waals surface area contributed by atoms with Gasteiger partial charge in [-0.2, -0.15) is 0 Å². The van der Waals surface area contributed by atoms with Gasteiger partial charge in [-0.3, -0.25) is 0 Å². The number of unbranched alkanes of at least 4 members (excludes halogenated alkanes) is 2. The molecule has 2 N–H and O–H groups in total. The van der Waals surface area contributed by atoms with E-state index < -0.39 is 0 Å². The first-order valence-electron chi connectivity index (χ1n) is 5.36. The Morgan fingerprint density at radius 2 is 1.80 bits per heavy atom. The van der Waals surface area contributed by atoms with E-state index in [0.29, 0.717) is 10.0 Å². The minimum Gasteiger partial charge on any atom is -0.324 e. The van der Waals surface area contributed by atoms with Gasteiger partial charge in [-0.05, 0) is 18.6 Å². The SMILES string of the molecule is CCCCC[C@H](N)c1c(Cl)cccc1Cl. The van der Waals surface area contributed by atoms with Crippen molar-refractivity contribution < 1.29 is 0 Å². The molecule has 1 rings (SSSR count). The molecule has 0 aliphatic rings. The van der Waals surface area contributed by atoms with Crippen LogP contribution in [-0.4, -0.2) is 0 Å². The largest absolute Gasteiger partial charge is 0.324 e. The van der Waals surface area contributed by atoms with Crippen molar-refractivity contribution in [3.63, 3.8) is 0 Å². The summed E-state index contributed by atoms with van der Waals surface area (Å²) in [5.41, 5.74) is 6.95. The standard InChI is InChI=1S/C12H17Cl2N/c1-2-3-4-8-11(15)12-9(13)6-5-7-10(12)14/h5-7,11H,2-4,8,15H2,1H3/t11-/m0/s1. The average molecular weight is 246 g/mol. The Kier molecular flexibility index (Phi) is 5.44. The highest BCUT2D eigenvalue weighted by atomic mass is 35.5. The van der Waals surface area contributed by atoms with Crippen molar-refractivity contribution in [3.05, 3.63) is 33.8 Å². The highest BCUT2D eigenvalue weighted by Gasteiger charge is 2.13. The van der Waals surface area contributed by atoms with Crippen molar-refractivity contribution in [2.24, 2.45) is 5.73 Å². The predicted molar refractivity (Wildman–Crippen MR) is 67.5 cm³/mol. The third-order valence-corrected chi connectivity index (χ3v) is 3.15. The Hall–Kier alpha value is -0.240. The molecule has 0 spiro atoms. The van der Waals surface area contributed by atoms with Gasteiger partial charge in [-0.1, -0.05) is 55.5 Å². The van der Waals surface area contributed by atoms with Crippen molar-refractivity contribution in [2.45, 2.75) is 38.6 Å². The number of benzene rings is 1. The lowest BCUT2D eigenvalue weighted by atomic mass is 10.0. The van der Waals surface area contributed by atoms with Crippen LogP contribution in [0, 0.1) is 0 Å². The average Bonchev–Trinajstić information content (AvgIpc) is 2.18. The summed E-state index contributed by atoms with van der Waals surface area (Å²) in [4.78, 5) is 0. The van der Waals surface area contributed by atoms with Gasteiger partial charge in [0.05, 0.1) is 0 Å². The first-order chi connectivity index (χ1) is 7.16. The van der Waals surface area contributed by atoms with Crippen LogP contribution >= 0.6 is 23.2 Å². The van der Waals surface area contributed by atoms with Crippen molar-refractivity contribution in [2.75, 3.05) is 0 Å². The molecule has 0 radical (unpaired) electrons. The lowest BCUT2D eigenvalue weighted by Crippen LogP contribution is -2.11. The molecule has 1 nitrogen and oxygen atoms in total. The molecule has 0 saturated heterocycles. The van der Waals surface area contributed by atoms with E-state index >= 15 is 0 Å². The molecular formula is C12H17Cl2N. The molecule has 0 bridgehead atoms.